The van der Waals surface area contributed by atoms with Gasteiger partial charge in [0.15, 0.2) is 5.82 Å². The summed E-state index contributed by atoms with van der Waals surface area (Å²) >= 11 is 0. The molecule has 1 fully saturated rings. The Morgan fingerprint density at radius 1 is 1.18 bits per heavy atom. The Bertz CT molecular complexity index is 327. The predicted molar refractivity (Wildman–Crippen MR) is 66.6 cm³/mol. The molecule has 2 rings (SSSR count). The van der Waals surface area contributed by atoms with Crippen LogP contribution in [-0.4, -0.2) is 27.3 Å². The van der Waals surface area contributed by atoms with Crippen molar-refractivity contribution in [1.82, 2.24) is 25.5 Å². The molecule has 0 aliphatic heterocycles. The monoisotopic (exact) mass is 237 g/mol. The molecule has 1 atom stereocenters. The van der Waals surface area contributed by atoms with Crippen molar-refractivity contribution in [1.29, 1.82) is 0 Å². The molecular weight excluding hydrogens is 214 g/mol. The van der Waals surface area contributed by atoms with E-state index in [1.165, 1.54) is 44.9 Å². The third-order valence-corrected chi connectivity index (χ3v) is 3.76. The zero-order valence-electron chi connectivity index (χ0n) is 10.9. The topological polar surface area (TPSA) is 55.6 Å². The molecule has 1 aliphatic carbocycles. The van der Waals surface area contributed by atoms with Gasteiger partial charge in [0.05, 0.1) is 12.1 Å². The molecule has 5 heteroatoms. The molecule has 17 heavy (non-hydrogen) atoms. The number of nitrogens with zero attached hydrogens (tertiary/aromatic N) is 4. The van der Waals surface area contributed by atoms with E-state index in [1.54, 1.807) is 0 Å². The Hall–Kier alpha value is -0.970. The van der Waals surface area contributed by atoms with Gasteiger partial charge < -0.3 is 5.32 Å². The second kappa shape index (κ2) is 6.10. The average molecular weight is 237 g/mol. The van der Waals surface area contributed by atoms with Gasteiger partial charge in [-0.2, -0.15) is 0 Å². The average Bonchev–Trinajstić information content (AvgIpc) is 2.76. The maximum absolute atomic E-state index is 4.20. The van der Waals surface area contributed by atoms with Crippen LogP contribution >= 0.6 is 0 Å². The van der Waals surface area contributed by atoms with Crippen LogP contribution in [0.15, 0.2) is 0 Å². The second-order valence-corrected chi connectivity index (χ2v) is 4.99. The van der Waals surface area contributed by atoms with Crippen molar-refractivity contribution in [2.75, 3.05) is 7.05 Å². The molecular formula is C12H23N5. The molecule has 1 N–H and O–H groups in total. The molecule has 1 heterocycles. The minimum atomic E-state index is 0.218. The lowest BCUT2D eigenvalue weighted by Gasteiger charge is -2.22. The zero-order chi connectivity index (χ0) is 12.1. The van der Waals surface area contributed by atoms with Crippen molar-refractivity contribution in [2.24, 2.45) is 0 Å². The highest BCUT2D eigenvalue weighted by Gasteiger charge is 2.20. The molecule has 0 spiro atoms. The van der Waals surface area contributed by atoms with Gasteiger partial charge in [-0.25, -0.2) is 4.68 Å². The van der Waals surface area contributed by atoms with E-state index >= 15 is 0 Å². The Balaban J connectivity index is 2.11. The summed E-state index contributed by atoms with van der Waals surface area (Å²) < 4.78 is 2.05. The van der Waals surface area contributed by atoms with Crippen LogP contribution in [0, 0.1) is 0 Å². The smallest absolute Gasteiger partial charge is 0.168 e. The van der Waals surface area contributed by atoms with E-state index in [2.05, 4.69) is 27.8 Å². The highest BCUT2D eigenvalue weighted by Crippen LogP contribution is 2.27. The van der Waals surface area contributed by atoms with E-state index in [1.807, 2.05) is 11.7 Å². The summed E-state index contributed by atoms with van der Waals surface area (Å²) in [6.07, 6.45) is 9.14. The van der Waals surface area contributed by atoms with Crippen LogP contribution in [0.1, 0.15) is 69.8 Å². The largest absolute Gasteiger partial charge is 0.311 e. The molecule has 1 unspecified atom stereocenters. The van der Waals surface area contributed by atoms with E-state index in [9.17, 15) is 0 Å². The van der Waals surface area contributed by atoms with E-state index in [0.29, 0.717) is 6.04 Å². The summed E-state index contributed by atoms with van der Waals surface area (Å²) in [6.45, 7) is 2.10. The number of tetrazole rings is 1. The number of aromatic nitrogens is 4. The molecule has 0 saturated heterocycles. The van der Waals surface area contributed by atoms with E-state index in [0.717, 1.165) is 5.82 Å². The highest BCUT2D eigenvalue weighted by atomic mass is 15.6. The molecule has 96 valence electrons. The molecule has 1 aromatic rings. The van der Waals surface area contributed by atoms with Gasteiger partial charge in [0.1, 0.15) is 0 Å². The van der Waals surface area contributed by atoms with Gasteiger partial charge in [0, 0.05) is 0 Å². The molecule has 0 bridgehead atoms. The van der Waals surface area contributed by atoms with Crippen LogP contribution in [0.5, 0.6) is 0 Å². The Labute approximate surface area is 103 Å². The maximum atomic E-state index is 4.20. The molecule has 1 saturated carbocycles. The van der Waals surface area contributed by atoms with Crippen LogP contribution in [-0.2, 0) is 0 Å². The summed E-state index contributed by atoms with van der Waals surface area (Å²) in [5.74, 6) is 0.970. The van der Waals surface area contributed by atoms with Crippen molar-refractivity contribution >= 4 is 0 Å². The molecule has 1 aliphatic rings. The minimum Gasteiger partial charge on any atom is -0.311 e. The van der Waals surface area contributed by atoms with Crippen molar-refractivity contribution < 1.29 is 0 Å². The van der Waals surface area contributed by atoms with Gasteiger partial charge >= 0.3 is 0 Å². The fourth-order valence-electron chi connectivity index (χ4n) is 2.55. The summed E-state index contributed by atoms with van der Waals surface area (Å²) in [5.41, 5.74) is 0. The lowest BCUT2D eigenvalue weighted by molar-refractivity contribution is 0.327. The molecule has 1 aromatic heterocycles. The summed E-state index contributed by atoms with van der Waals surface area (Å²) in [4.78, 5) is 0. The number of nitrogens with one attached hydrogen (secondary N) is 1. The number of hydrogen-bond acceptors (Lipinski definition) is 4. The molecule has 0 radical (unpaired) electrons. The lowest BCUT2D eigenvalue weighted by Crippen LogP contribution is -2.22. The molecule has 0 aromatic carbocycles. The van der Waals surface area contributed by atoms with Gasteiger partial charge in [-0.1, -0.05) is 32.1 Å². The van der Waals surface area contributed by atoms with E-state index < -0.39 is 0 Å². The van der Waals surface area contributed by atoms with E-state index in [4.69, 9.17) is 0 Å². The van der Waals surface area contributed by atoms with Crippen LogP contribution in [0.2, 0.25) is 0 Å². The van der Waals surface area contributed by atoms with Crippen molar-refractivity contribution in [3.05, 3.63) is 5.82 Å². The van der Waals surface area contributed by atoms with Crippen molar-refractivity contribution in [3.8, 4) is 0 Å². The first kappa shape index (κ1) is 12.5. The fraction of sp³-hybridized carbons (Fsp3) is 0.917. The Kier molecular flexibility index (Phi) is 4.48. The summed E-state index contributed by atoms with van der Waals surface area (Å²) in [6, 6.07) is 0.714. The minimum absolute atomic E-state index is 0.218. The van der Waals surface area contributed by atoms with Crippen molar-refractivity contribution in [3.63, 3.8) is 0 Å². The SMILES string of the molecule is CNC(C)c1nnnn1C1CCCCCCC1. The van der Waals surface area contributed by atoms with Crippen LogP contribution in [0.4, 0.5) is 0 Å². The molecule has 0 amide bonds. The first-order valence-electron chi connectivity index (χ1n) is 6.78. The first-order valence-corrected chi connectivity index (χ1v) is 6.78. The quantitative estimate of drug-likeness (QED) is 0.876. The predicted octanol–water partition coefficient (Wildman–Crippen LogP) is 2.24. The summed E-state index contributed by atoms with van der Waals surface area (Å²) in [5, 5.41) is 15.4. The van der Waals surface area contributed by atoms with Crippen LogP contribution < -0.4 is 5.32 Å². The van der Waals surface area contributed by atoms with Crippen LogP contribution in [0.3, 0.4) is 0 Å². The molecule has 5 nitrogen and oxygen atoms in total. The number of rotatable bonds is 3. The van der Waals surface area contributed by atoms with Crippen molar-refractivity contribution in [2.45, 2.75) is 64.0 Å². The fourth-order valence-corrected chi connectivity index (χ4v) is 2.55. The normalized spacial score (nSPS) is 20.8. The van der Waals surface area contributed by atoms with Gasteiger partial charge in [-0.05, 0) is 37.2 Å². The van der Waals surface area contributed by atoms with E-state index in [-0.39, 0.29) is 6.04 Å². The standard InChI is InChI=1S/C12H23N5/c1-10(13-2)12-14-15-16-17(12)11-8-6-4-3-5-7-9-11/h10-11,13H,3-9H2,1-2H3. The third-order valence-electron chi connectivity index (χ3n) is 3.76. The van der Waals surface area contributed by atoms with Gasteiger partial charge in [0.2, 0.25) is 0 Å². The number of hydrogen-bond donors (Lipinski definition) is 1. The highest BCUT2D eigenvalue weighted by molar-refractivity contribution is 4.91. The Morgan fingerprint density at radius 3 is 2.47 bits per heavy atom. The van der Waals surface area contributed by atoms with Gasteiger partial charge in [-0.3, -0.25) is 0 Å². The Morgan fingerprint density at radius 2 is 1.82 bits per heavy atom. The third kappa shape index (κ3) is 3.03. The maximum Gasteiger partial charge on any atom is 0.168 e. The van der Waals surface area contributed by atoms with Crippen LogP contribution in [0.25, 0.3) is 0 Å². The van der Waals surface area contributed by atoms with Gasteiger partial charge in [0.25, 0.3) is 0 Å². The lowest BCUT2D eigenvalue weighted by atomic mass is 9.96. The summed E-state index contributed by atoms with van der Waals surface area (Å²) in [7, 11) is 1.95. The zero-order valence-corrected chi connectivity index (χ0v) is 10.9. The van der Waals surface area contributed by atoms with Gasteiger partial charge in [-0.15, -0.1) is 5.10 Å². The second-order valence-electron chi connectivity index (χ2n) is 4.99. The first-order chi connectivity index (χ1) is 8.33.